The van der Waals surface area contributed by atoms with Crippen molar-refractivity contribution in [3.8, 4) is 5.75 Å². The summed E-state index contributed by atoms with van der Waals surface area (Å²) >= 11 is 1.57. The molecule has 0 bridgehead atoms. The first kappa shape index (κ1) is 28.2. The molecule has 1 atom stereocenters. The van der Waals surface area contributed by atoms with Gasteiger partial charge in [0.25, 0.3) is 5.91 Å². The zero-order chi connectivity index (χ0) is 27.7. The molecule has 1 unspecified atom stereocenters. The average molecular weight is 564 g/mol. The molecule has 2 aromatic carbocycles. The highest BCUT2D eigenvalue weighted by Gasteiger charge is 2.20. The summed E-state index contributed by atoms with van der Waals surface area (Å²) in [5.74, 6) is 2.37. The van der Waals surface area contributed by atoms with Crippen LogP contribution >= 0.6 is 11.8 Å². The molecule has 0 radical (unpaired) electrons. The summed E-state index contributed by atoms with van der Waals surface area (Å²) in [5, 5.41) is 3.71. The maximum atomic E-state index is 12.7. The molecule has 3 heterocycles. The highest BCUT2D eigenvalue weighted by Crippen LogP contribution is 2.26. The van der Waals surface area contributed by atoms with Crippen LogP contribution in [0.5, 0.6) is 5.75 Å². The van der Waals surface area contributed by atoms with Crippen molar-refractivity contribution in [3.63, 3.8) is 0 Å². The van der Waals surface area contributed by atoms with Crippen molar-refractivity contribution in [2.45, 2.75) is 36.5 Å². The average Bonchev–Trinajstić information content (AvgIpc) is 3.53. The number of nitrogens with one attached hydrogen (secondary N) is 1. The summed E-state index contributed by atoms with van der Waals surface area (Å²) in [6, 6.07) is 18.0. The number of anilines is 2. The fourth-order valence-electron chi connectivity index (χ4n) is 4.96. The van der Waals surface area contributed by atoms with Gasteiger partial charge in [0.15, 0.2) is 5.16 Å². The molecule has 2 saturated heterocycles. The number of nitrogens with zero attached hydrogens (tertiary/aromatic N) is 4. The third-order valence-corrected chi connectivity index (χ3v) is 8.07. The lowest BCUT2D eigenvalue weighted by Gasteiger charge is -2.37. The van der Waals surface area contributed by atoms with Gasteiger partial charge in [-0.1, -0.05) is 23.9 Å². The van der Waals surface area contributed by atoms with Crippen LogP contribution in [0.3, 0.4) is 0 Å². The Labute approximate surface area is 240 Å². The molecule has 0 aliphatic carbocycles. The van der Waals surface area contributed by atoms with E-state index in [1.807, 2.05) is 42.5 Å². The lowest BCUT2D eigenvalue weighted by molar-refractivity contribution is 0.0857. The monoisotopic (exact) mass is 563 g/mol. The van der Waals surface area contributed by atoms with E-state index in [4.69, 9.17) is 24.2 Å². The molecule has 1 N–H and O–H groups in total. The van der Waals surface area contributed by atoms with E-state index in [0.717, 1.165) is 68.5 Å². The molecule has 9 nitrogen and oxygen atoms in total. The summed E-state index contributed by atoms with van der Waals surface area (Å²) in [6.45, 7) is 5.29. The van der Waals surface area contributed by atoms with E-state index in [9.17, 15) is 4.79 Å². The summed E-state index contributed by atoms with van der Waals surface area (Å²) < 4.78 is 16.3. The van der Waals surface area contributed by atoms with Crippen LogP contribution in [0.25, 0.3) is 0 Å². The van der Waals surface area contributed by atoms with E-state index in [0.29, 0.717) is 29.6 Å². The molecular weight excluding hydrogens is 526 g/mol. The third kappa shape index (κ3) is 7.44. The lowest BCUT2D eigenvalue weighted by Crippen LogP contribution is -2.46. The van der Waals surface area contributed by atoms with Crippen LogP contribution in [0.1, 0.15) is 34.5 Å². The Morgan fingerprint density at radius 1 is 1.05 bits per heavy atom. The van der Waals surface area contributed by atoms with Crippen LogP contribution in [-0.4, -0.2) is 75.5 Å². The van der Waals surface area contributed by atoms with Crippen molar-refractivity contribution < 1.29 is 19.0 Å². The largest absolute Gasteiger partial charge is 0.497 e. The first-order chi connectivity index (χ1) is 19.6. The van der Waals surface area contributed by atoms with Gasteiger partial charge in [-0.15, -0.1) is 0 Å². The molecule has 3 aromatic rings. The molecule has 0 spiro atoms. The maximum Gasteiger partial charge on any atom is 0.251 e. The first-order valence-corrected chi connectivity index (χ1v) is 14.7. The standard InChI is InChI=1S/C30H37N5O4S/c1-37-20-24-18-28(35-14-12-34(13-15-35)25-8-10-26(38-2)11-9-25)33-30(32-24)40-21-22-5-3-6-23(17-22)29(36)31-19-27-7-4-16-39-27/h3,5-6,8-11,17-18,27H,4,7,12-16,19-21H2,1-2H3,(H,31,36). The number of ether oxygens (including phenoxy) is 3. The highest BCUT2D eigenvalue weighted by molar-refractivity contribution is 7.98. The van der Waals surface area contributed by atoms with Crippen molar-refractivity contribution in [1.82, 2.24) is 15.3 Å². The number of hydrogen-bond donors (Lipinski definition) is 1. The number of piperazine rings is 1. The molecule has 2 aliphatic rings. The summed E-state index contributed by atoms with van der Waals surface area (Å²) in [6.07, 6.45) is 2.18. The zero-order valence-corrected chi connectivity index (χ0v) is 24.0. The Morgan fingerprint density at radius 3 is 2.58 bits per heavy atom. The SMILES string of the molecule is COCc1cc(N2CCN(c3ccc(OC)cc3)CC2)nc(SCc2cccc(C(=O)NCC3CCCO3)c2)n1. The number of aromatic nitrogens is 2. The van der Waals surface area contributed by atoms with Crippen LogP contribution in [0, 0.1) is 0 Å². The van der Waals surface area contributed by atoms with E-state index in [2.05, 4.69) is 27.2 Å². The van der Waals surface area contributed by atoms with Gasteiger partial charge in [-0.3, -0.25) is 4.79 Å². The second-order valence-corrected chi connectivity index (χ2v) is 10.9. The number of rotatable bonds is 11. The van der Waals surface area contributed by atoms with Crippen LogP contribution in [0.4, 0.5) is 11.5 Å². The zero-order valence-electron chi connectivity index (χ0n) is 23.2. The Kier molecular flexibility index (Phi) is 9.75. The van der Waals surface area contributed by atoms with Gasteiger partial charge in [-0.25, -0.2) is 9.97 Å². The number of thioether (sulfide) groups is 1. The smallest absolute Gasteiger partial charge is 0.251 e. The van der Waals surface area contributed by atoms with E-state index in [1.165, 1.54) is 5.69 Å². The normalized spacial score (nSPS) is 17.2. The van der Waals surface area contributed by atoms with Gasteiger partial charge in [0.05, 0.1) is 25.5 Å². The predicted octanol–water partition coefficient (Wildman–Crippen LogP) is 4.16. The first-order valence-electron chi connectivity index (χ1n) is 13.7. The molecule has 10 heteroatoms. The van der Waals surface area contributed by atoms with Gasteiger partial charge in [-0.2, -0.15) is 0 Å². The second-order valence-electron chi connectivity index (χ2n) is 9.94. The molecule has 2 fully saturated rings. The number of benzene rings is 2. The summed E-state index contributed by atoms with van der Waals surface area (Å²) in [4.78, 5) is 27.0. The molecular formula is C30H37N5O4S. The number of methoxy groups -OCH3 is 2. The van der Waals surface area contributed by atoms with Crippen LogP contribution in [0.2, 0.25) is 0 Å². The molecule has 1 amide bonds. The van der Waals surface area contributed by atoms with Gasteiger partial charge in [-0.05, 0) is 54.8 Å². The van der Waals surface area contributed by atoms with Crippen molar-refractivity contribution in [2.75, 3.05) is 63.4 Å². The number of carbonyl (C=O) groups excluding carboxylic acids is 1. The van der Waals surface area contributed by atoms with E-state index < -0.39 is 0 Å². The predicted molar refractivity (Wildman–Crippen MR) is 157 cm³/mol. The fraction of sp³-hybridized carbons (Fsp3) is 0.433. The van der Waals surface area contributed by atoms with Gasteiger partial charge >= 0.3 is 0 Å². The van der Waals surface area contributed by atoms with Crippen LogP contribution < -0.4 is 19.9 Å². The lowest BCUT2D eigenvalue weighted by atomic mass is 10.1. The number of carbonyl (C=O) groups is 1. The van der Waals surface area contributed by atoms with Crippen molar-refractivity contribution in [2.24, 2.45) is 0 Å². The van der Waals surface area contributed by atoms with Crippen molar-refractivity contribution in [3.05, 3.63) is 71.4 Å². The van der Waals surface area contributed by atoms with Gasteiger partial charge < -0.3 is 29.3 Å². The third-order valence-electron chi connectivity index (χ3n) is 7.15. The van der Waals surface area contributed by atoms with Crippen LogP contribution in [0.15, 0.2) is 59.8 Å². The Bertz CT molecular complexity index is 1260. The molecule has 1 aromatic heterocycles. The molecule has 40 heavy (non-hydrogen) atoms. The molecule has 2 aliphatic heterocycles. The van der Waals surface area contributed by atoms with E-state index in [-0.39, 0.29) is 12.0 Å². The van der Waals surface area contributed by atoms with Gasteiger partial charge in [0, 0.05) is 69.5 Å². The van der Waals surface area contributed by atoms with Crippen LogP contribution in [-0.2, 0) is 21.8 Å². The van der Waals surface area contributed by atoms with Crippen molar-refractivity contribution >= 4 is 29.2 Å². The topological polar surface area (TPSA) is 89.0 Å². The minimum atomic E-state index is -0.0724. The maximum absolute atomic E-state index is 12.7. The molecule has 0 saturated carbocycles. The summed E-state index contributed by atoms with van der Waals surface area (Å²) in [5.41, 5.74) is 3.75. The van der Waals surface area contributed by atoms with E-state index >= 15 is 0 Å². The van der Waals surface area contributed by atoms with Gasteiger partial charge in [0.1, 0.15) is 11.6 Å². The number of amides is 1. The molecule has 5 rings (SSSR count). The van der Waals surface area contributed by atoms with E-state index in [1.54, 1.807) is 26.0 Å². The number of hydrogen-bond acceptors (Lipinski definition) is 9. The van der Waals surface area contributed by atoms with Crippen molar-refractivity contribution in [1.29, 1.82) is 0 Å². The Morgan fingerprint density at radius 2 is 1.85 bits per heavy atom. The Balaban J connectivity index is 1.20. The van der Waals surface area contributed by atoms with Gasteiger partial charge in [0.2, 0.25) is 0 Å². The Hall–Kier alpha value is -3.34. The highest BCUT2D eigenvalue weighted by atomic mass is 32.2. The molecule has 212 valence electrons. The summed E-state index contributed by atoms with van der Waals surface area (Å²) in [7, 11) is 3.36. The fourth-order valence-corrected chi connectivity index (χ4v) is 5.77. The minimum absolute atomic E-state index is 0.0724. The quantitative estimate of drug-likeness (QED) is 0.273. The second kappa shape index (κ2) is 13.8. The minimum Gasteiger partial charge on any atom is -0.497 e.